The molecule has 0 spiro atoms. The molecule has 1 unspecified atom stereocenters. The molecule has 0 fully saturated rings. The van der Waals surface area contributed by atoms with E-state index in [0.717, 1.165) is 16.6 Å². The lowest BCUT2D eigenvalue weighted by molar-refractivity contribution is 0.627. The highest BCUT2D eigenvalue weighted by atomic mass is 35.5. The molecule has 1 aromatic heterocycles. The SMILES string of the molecule is CC(Nc1cc(Cl)ccc1F)c1ccc2[nH]c(=O)[nH]c2c1. The monoisotopic (exact) mass is 305 g/mol. The fourth-order valence-electron chi connectivity index (χ4n) is 2.24. The van der Waals surface area contributed by atoms with Crippen LogP contribution in [0.25, 0.3) is 11.0 Å². The van der Waals surface area contributed by atoms with Gasteiger partial charge < -0.3 is 15.3 Å². The summed E-state index contributed by atoms with van der Waals surface area (Å²) in [5, 5.41) is 3.55. The Kier molecular flexibility index (Phi) is 3.43. The van der Waals surface area contributed by atoms with Crippen LogP contribution in [-0.2, 0) is 0 Å². The lowest BCUT2D eigenvalue weighted by Crippen LogP contribution is -2.08. The minimum Gasteiger partial charge on any atom is -0.376 e. The van der Waals surface area contributed by atoms with Gasteiger partial charge in [-0.05, 0) is 42.8 Å². The van der Waals surface area contributed by atoms with Crippen molar-refractivity contribution in [3.8, 4) is 0 Å². The minimum absolute atomic E-state index is 0.138. The van der Waals surface area contributed by atoms with Crippen LogP contribution in [0.1, 0.15) is 18.5 Å². The van der Waals surface area contributed by atoms with Crippen molar-refractivity contribution in [1.29, 1.82) is 0 Å². The van der Waals surface area contributed by atoms with E-state index >= 15 is 0 Å². The number of anilines is 1. The Labute approximate surface area is 125 Å². The van der Waals surface area contributed by atoms with Crippen LogP contribution in [0.5, 0.6) is 0 Å². The second-order valence-electron chi connectivity index (χ2n) is 4.87. The zero-order valence-electron chi connectivity index (χ0n) is 11.2. The number of halogens is 2. The first-order chi connectivity index (χ1) is 10.0. The topological polar surface area (TPSA) is 60.7 Å². The van der Waals surface area contributed by atoms with Crippen molar-refractivity contribution in [2.45, 2.75) is 13.0 Å². The summed E-state index contributed by atoms with van der Waals surface area (Å²) in [6, 6.07) is 9.78. The molecule has 3 rings (SSSR count). The number of rotatable bonds is 3. The number of hydrogen-bond acceptors (Lipinski definition) is 2. The molecule has 0 radical (unpaired) electrons. The maximum atomic E-state index is 13.7. The van der Waals surface area contributed by atoms with Gasteiger partial charge in [0.25, 0.3) is 0 Å². The second-order valence-corrected chi connectivity index (χ2v) is 5.31. The first-order valence-electron chi connectivity index (χ1n) is 6.46. The van der Waals surface area contributed by atoms with Crippen molar-refractivity contribution in [1.82, 2.24) is 9.97 Å². The van der Waals surface area contributed by atoms with E-state index in [1.807, 2.05) is 25.1 Å². The van der Waals surface area contributed by atoms with Gasteiger partial charge in [-0.3, -0.25) is 0 Å². The Bertz CT molecular complexity index is 855. The lowest BCUT2D eigenvalue weighted by atomic mass is 10.1. The van der Waals surface area contributed by atoms with E-state index in [-0.39, 0.29) is 17.5 Å². The van der Waals surface area contributed by atoms with Gasteiger partial charge in [-0.15, -0.1) is 0 Å². The fourth-order valence-corrected chi connectivity index (χ4v) is 2.42. The first kappa shape index (κ1) is 13.7. The Morgan fingerprint density at radius 1 is 1.14 bits per heavy atom. The largest absolute Gasteiger partial charge is 0.376 e. The Morgan fingerprint density at radius 2 is 1.90 bits per heavy atom. The third-order valence-corrected chi connectivity index (χ3v) is 3.58. The van der Waals surface area contributed by atoms with Crippen molar-refractivity contribution >= 4 is 28.3 Å². The second kappa shape index (κ2) is 5.26. The van der Waals surface area contributed by atoms with Crippen LogP contribution in [0.4, 0.5) is 10.1 Å². The summed E-state index contributed by atoms with van der Waals surface area (Å²) < 4.78 is 13.7. The molecule has 0 aliphatic heterocycles. The van der Waals surface area contributed by atoms with Crippen molar-refractivity contribution in [2.75, 3.05) is 5.32 Å². The normalized spacial score (nSPS) is 12.5. The molecule has 108 valence electrons. The summed E-state index contributed by atoms with van der Waals surface area (Å²) in [7, 11) is 0. The lowest BCUT2D eigenvalue weighted by Gasteiger charge is -2.16. The number of nitrogens with one attached hydrogen (secondary N) is 3. The van der Waals surface area contributed by atoms with E-state index in [1.165, 1.54) is 12.1 Å². The summed E-state index contributed by atoms with van der Waals surface area (Å²) in [5.74, 6) is -0.359. The van der Waals surface area contributed by atoms with Crippen molar-refractivity contribution in [3.05, 3.63) is 63.3 Å². The molecule has 0 saturated carbocycles. The Morgan fingerprint density at radius 3 is 2.71 bits per heavy atom. The van der Waals surface area contributed by atoms with Crippen LogP contribution in [0.15, 0.2) is 41.2 Å². The molecule has 4 nitrogen and oxygen atoms in total. The number of H-pyrrole nitrogens is 2. The summed E-state index contributed by atoms with van der Waals surface area (Å²) in [6.45, 7) is 1.91. The maximum Gasteiger partial charge on any atom is 0.323 e. The highest BCUT2D eigenvalue weighted by Gasteiger charge is 2.10. The zero-order valence-corrected chi connectivity index (χ0v) is 12.0. The molecular weight excluding hydrogens is 293 g/mol. The maximum absolute atomic E-state index is 13.7. The van der Waals surface area contributed by atoms with E-state index in [4.69, 9.17) is 11.6 Å². The quantitative estimate of drug-likeness (QED) is 0.689. The van der Waals surface area contributed by atoms with Gasteiger partial charge in [0.15, 0.2) is 0 Å². The molecule has 0 amide bonds. The van der Waals surface area contributed by atoms with Crippen molar-refractivity contribution in [2.24, 2.45) is 0 Å². The molecule has 1 atom stereocenters. The van der Waals surface area contributed by atoms with Gasteiger partial charge in [-0.2, -0.15) is 0 Å². The number of aromatic nitrogens is 2. The molecule has 1 heterocycles. The number of benzene rings is 2. The van der Waals surface area contributed by atoms with Crippen LogP contribution >= 0.6 is 11.6 Å². The average molecular weight is 306 g/mol. The molecule has 21 heavy (non-hydrogen) atoms. The van der Waals surface area contributed by atoms with E-state index < -0.39 is 0 Å². The molecule has 0 saturated heterocycles. The van der Waals surface area contributed by atoms with Gasteiger partial charge in [0, 0.05) is 11.1 Å². The predicted molar refractivity (Wildman–Crippen MR) is 82.4 cm³/mol. The molecule has 0 aliphatic rings. The molecule has 0 bridgehead atoms. The fraction of sp³-hybridized carbons (Fsp3) is 0.133. The van der Waals surface area contributed by atoms with Crippen molar-refractivity contribution in [3.63, 3.8) is 0 Å². The molecule has 6 heteroatoms. The van der Waals surface area contributed by atoms with Gasteiger partial charge in [-0.25, -0.2) is 9.18 Å². The summed E-state index contributed by atoms with van der Waals surface area (Å²) in [5.41, 5.74) is 2.49. The molecular formula is C15H13ClFN3O. The first-order valence-corrected chi connectivity index (χ1v) is 6.84. The van der Waals surface area contributed by atoms with Gasteiger partial charge in [0.05, 0.1) is 16.7 Å². The molecule has 3 aromatic rings. The highest BCUT2D eigenvalue weighted by Crippen LogP contribution is 2.25. The number of hydrogen-bond donors (Lipinski definition) is 3. The van der Waals surface area contributed by atoms with Gasteiger partial charge >= 0.3 is 5.69 Å². The van der Waals surface area contributed by atoms with Gasteiger partial charge in [0.2, 0.25) is 0 Å². The number of imidazole rings is 1. The van der Waals surface area contributed by atoms with E-state index in [0.29, 0.717) is 10.7 Å². The Hall–Kier alpha value is -2.27. The smallest absolute Gasteiger partial charge is 0.323 e. The van der Waals surface area contributed by atoms with Crippen LogP contribution in [0, 0.1) is 5.82 Å². The van der Waals surface area contributed by atoms with Crippen molar-refractivity contribution < 1.29 is 4.39 Å². The van der Waals surface area contributed by atoms with Crippen LogP contribution in [-0.4, -0.2) is 9.97 Å². The predicted octanol–water partition coefficient (Wildman–Crippen LogP) is 3.82. The third-order valence-electron chi connectivity index (χ3n) is 3.34. The molecule has 3 N–H and O–H groups in total. The van der Waals surface area contributed by atoms with Crippen LogP contribution < -0.4 is 11.0 Å². The minimum atomic E-state index is -0.359. The Balaban J connectivity index is 1.90. The third kappa shape index (κ3) is 2.78. The average Bonchev–Trinajstić information content (AvgIpc) is 2.81. The molecule has 2 aromatic carbocycles. The number of fused-ring (bicyclic) bond motifs is 1. The zero-order chi connectivity index (χ0) is 15.0. The van der Waals surface area contributed by atoms with E-state index in [2.05, 4.69) is 15.3 Å². The summed E-state index contributed by atoms with van der Waals surface area (Å²) >= 11 is 5.88. The summed E-state index contributed by atoms with van der Waals surface area (Å²) in [6.07, 6.45) is 0. The standard InChI is InChI=1S/C15H13ClFN3O/c1-8(18-13-7-10(16)3-4-11(13)17)9-2-5-12-14(6-9)20-15(21)19-12/h2-8,18H,1H3,(H2,19,20,21). The summed E-state index contributed by atoms with van der Waals surface area (Å²) in [4.78, 5) is 16.6. The number of aromatic amines is 2. The van der Waals surface area contributed by atoms with Crippen LogP contribution in [0.2, 0.25) is 5.02 Å². The van der Waals surface area contributed by atoms with Gasteiger partial charge in [0.1, 0.15) is 5.82 Å². The molecule has 0 aliphatic carbocycles. The van der Waals surface area contributed by atoms with Crippen LogP contribution in [0.3, 0.4) is 0 Å². The van der Waals surface area contributed by atoms with E-state index in [9.17, 15) is 9.18 Å². The van der Waals surface area contributed by atoms with Gasteiger partial charge in [-0.1, -0.05) is 17.7 Å². The highest BCUT2D eigenvalue weighted by molar-refractivity contribution is 6.30. The van der Waals surface area contributed by atoms with E-state index in [1.54, 1.807) is 6.07 Å².